The molecule has 1 aliphatic rings. The second-order valence-electron chi connectivity index (χ2n) is 4.00. The molecule has 0 spiro atoms. The number of hydrogen-bond acceptors (Lipinski definition) is 3. The molecule has 1 aromatic carbocycles. The molecule has 82 valence electrons. The van der Waals surface area contributed by atoms with Crippen LogP contribution in [0.15, 0.2) is 18.2 Å². The Bertz CT molecular complexity index is 459. The number of hydrogen-bond donors (Lipinski definition) is 0. The molecule has 0 bridgehead atoms. The first-order chi connectivity index (χ1) is 7.76. The van der Waals surface area contributed by atoms with Crippen LogP contribution in [-0.4, -0.2) is 13.1 Å². The van der Waals surface area contributed by atoms with Gasteiger partial charge in [0.05, 0.1) is 18.7 Å². The first-order valence-electron chi connectivity index (χ1n) is 5.34. The van der Waals surface area contributed by atoms with Crippen molar-refractivity contribution in [2.45, 2.75) is 25.2 Å². The van der Waals surface area contributed by atoms with E-state index in [4.69, 9.17) is 5.26 Å². The maximum Gasteiger partial charge on any atom is 0.337 e. The Labute approximate surface area is 94.6 Å². The highest BCUT2D eigenvalue weighted by atomic mass is 16.5. The zero-order valence-corrected chi connectivity index (χ0v) is 9.19. The van der Waals surface area contributed by atoms with Crippen LogP contribution < -0.4 is 0 Å². The number of rotatable bonds is 2. The van der Waals surface area contributed by atoms with Crippen molar-refractivity contribution in [3.8, 4) is 6.07 Å². The zero-order chi connectivity index (χ0) is 11.5. The van der Waals surface area contributed by atoms with Gasteiger partial charge in [0, 0.05) is 6.42 Å². The molecule has 0 N–H and O–H groups in total. The lowest BCUT2D eigenvalue weighted by Crippen LogP contribution is -2.02. The number of methoxy groups -OCH3 is 1. The molecule has 0 amide bonds. The maximum absolute atomic E-state index is 11.3. The van der Waals surface area contributed by atoms with Crippen molar-refractivity contribution in [1.82, 2.24) is 0 Å². The van der Waals surface area contributed by atoms with Crippen molar-refractivity contribution >= 4 is 5.97 Å². The predicted molar refractivity (Wildman–Crippen MR) is 59.1 cm³/mol. The van der Waals surface area contributed by atoms with Crippen LogP contribution >= 0.6 is 0 Å². The Morgan fingerprint density at radius 3 is 3.12 bits per heavy atom. The number of nitrogens with zero attached hydrogens (tertiary/aromatic N) is 1. The van der Waals surface area contributed by atoms with E-state index in [0.717, 1.165) is 12.8 Å². The molecule has 1 atom stereocenters. The standard InChI is InChI=1S/C13H13NO2/c1-16-13(15)11-4-5-12-9(6-7-14)2-3-10(12)8-11/h4-5,8-9H,2-3,6H2,1H3. The van der Waals surface area contributed by atoms with Gasteiger partial charge in [-0.3, -0.25) is 0 Å². The molecule has 16 heavy (non-hydrogen) atoms. The van der Waals surface area contributed by atoms with Crippen LogP contribution in [0.4, 0.5) is 0 Å². The van der Waals surface area contributed by atoms with Crippen molar-refractivity contribution < 1.29 is 9.53 Å². The molecular formula is C13H13NO2. The first-order valence-corrected chi connectivity index (χ1v) is 5.34. The van der Waals surface area contributed by atoms with Crippen LogP contribution in [0.5, 0.6) is 0 Å². The number of ether oxygens (including phenoxy) is 1. The fourth-order valence-corrected chi connectivity index (χ4v) is 2.27. The van der Waals surface area contributed by atoms with E-state index in [2.05, 4.69) is 10.8 Å². The van der Waals surface area contributed by atoms with Crippen molar-refractivity contribution in [1.29, 1.82) is 5.26 Å². The summed E-state index contributed by atoms with van der Waals surface area (Å²) in [4.78, 5) is 11.3. The lowest BCUT2D eigenvalue weighted by molar-refractivity contribution is 0.0600. The van der Waals surface area contributed by atoms with Gasteiger partial charge in [-0.1, -0.05) is 6.07 Å². The Morgan fingerprint density at radius 1 is 1.62 bits per heavy atom. The van der Waals surface area contributed by atoms with Crippen LogP contribution in [-0.2, 0) is 11.2 Å². The SMILES string of the molecule is COC(=O)c1ccc2c(c1)CCC2CC#N. The van der Waals surface area contributed by atoms with Gasteiger partial charge in [-0.25, -0.2) is 4.79 Å². The Kier molecular flexibility index (Phi) is 2.91. The molecule has 1 aliphatic carbocycles. The molecule has 1 aromatic rings. The van der Waals surface area contributed by atoms with Gasteiger partial charge < -0.3 is 4.74 Å². The third-order valence-corrected chi connectivity index (χ3v) is 3.10. The second-order valence-corrected chi connectivity index (χ2v) is 4.00. The summed E-state index contributed by atoms with van der Waals surface area (Å²) in [7, 11) is 1.38. The van der Waals surface area contributed by atoms with Gasteiger partial charge >= 0.3 is 5.97 Å². The van der Waals surface area contributed by atoms with Gasteiger partial charge in [0.15, 0.2) is 0 Å². The maximum atomic E-state index is 11.3. The number of carbonyl (C=O) groups excluding carboxylic acids is 1. The van der Waals surface area contributed by atoms with Gasteiger partial charge in [0.1, 0.15) is 0 Å². The lowest BCUT2D eigenvalue weighted by Gasteiger charge is -2.07. The Hall–Kier alpha value is -1.82. The molecule has 0 heterocycles. The Morgan fingerprint density at radius 2 is 2.44 bits per heavy atom. The van der Waals surface area contributed by atoms with E-state index in [1.165, 1.54) is 18.2 Å². The van der Waals surface area contributed by atoms with Gasteiger partial charge in [-0.2, -0.15) is 5.26 Å². The average Bonchev–Trinajstić information content (AvgIpc) is 2.71. The highest BCUT2D eigenvalue weighted by Crippen LogP contribution is 2.35. The minimum atomic E-state index is -0.300. The van der Waals surface area contributed by atoms with E-state index in [1.807, 2.05) is 12.1 Å². The summed E-state index contributed by atoms with van der Waals surface area (Å²) in [6.45, 7) is 0. The minimum Gasteiger partial charge on any atom is -0.465 e. The number of benzene rings is 1. The predicted octanol–water partition coefficient (Wildman–Crippen LogP) is 2.42. The molecule has 1 unspecified atom stereocenters. The van der Waals surface area contributed by atoms with Crippen molar-refractivity contribution in [2.24, 2.45) is 0 Å². The molecule has 3 nitrogen and oxygen atoms in total. The van der Waals surface area contributed by atoms with Crippen LogP contribution in [0.25, 0.3) is 0 Å². The number of aryl methyl sites for hydroxylation is 1. The van der Waals surface area contributed by atoms with E-state index in [9.17, 15) is 4.79 Å². The largest absolute Gasteiger partial charge is 0.465 e. The van der Waals surface area contributed by atoms with Gasteiger partial charge in [0.25, 0.3) is 0 Å². The van der Waals surface area contributed by atoms with Crippen LogP contribution in [0.3, 0.4) is 0 Å². The molecule has 0 aromatic heterocycles. The van der Waals surface area contributed by atoms with E-state index in [0.29, 0.717) is 17.9 Å². The zero-order valence-electron chi connectivity index (χ0n) is 9.19. The number of fused-ring (bicyclic) bond motifs is 1. The third kappa shape index (κ3) is 1.79. The van der Waals surface area contributed by atoms with E-state index in [-0.39, 0.29) is 5.97 Å². The molecule has 0 radical (unpaired) electrons. The van der Waals surface area contributed by atoms with Crippen LogP contribution in [0, 0.1) is 11.3 Å². The fourth-order valence-electron chi connectivity index (χ4n) is 2.27. The molecule has 3 heteroatoms. The van der Waals surface area contributed by atoms with Crippen LogP contribution in [0.2, 0.25) is 0 Å². The number of nitriles is 1. The quantitative estimate of drug-likeness (QED) is 0.712. The molecule has 0 saturated carbocycles. The summed E-state index contributed by atoms with van der Waals surface area (Å²) >= 11 is 0. The summed E-state index contributed by atoms with van der Waals surface area (Å²) in [5.41, 5.74) is 3.00. The smallest absolute Gasteiger partial charge is 0.337 e. The summed E-state index contributed by atoms with van der Waals surface area (Å²) in [5, 5.41) is 8.71. The first kappa shape index (κ1) is 10.7. The van der Waals surface area contributed by atoms with Crippen molar-refractivity contribution in [2.75, 3.05) is 7.11 Å². The van der Waals surface area contributed by atoms with Crippen molar-refractivity contribution in [3.63, 3.8) is 0 Å². The van der Waals surface area contributed by atoms with E-state index >= 15 is 0 Å². The minimum absolute atomic E-state index is 0.300. The monoisotopic (exact) mass is 215 g/mol. The molecule has 0 fully saturated rings. The summed E-state index contributed by atoms with van der Waals surface area (Å²) in [6, 6.07) is 7.83. The lowest BCUT2D eigenvalue weighted by atomic mass is 9.97. The van der Waals surface area contributed by atoms with E-state index < -0.39 is 0 Å². The van der Waals surface area contributed by atoms with Gasteiger partial charge in [0.2, 0.25) is 0 Å². The molecule has 0 aliphatic heterocycles. The summed E-state index contributed by atoms with van der Waals surface area (Å²) in [5.74, 6) is 0.0400. The van der Waals surface area contributed by atoms with Crippen LogP contribution in [0.1, 0.15) is 40.2 Å². The highest BCUT2D eigenvalue weighted by Gasteiger charge is 2.23. The van der Waals surface area contributed by atoms with E-state index in [1.54, 1.807) is 6.07 Å². The Balaban J connectivity index is 2.30. The fraction of sp³-hybridized carbons (Fsp3) is 0.385. The summed E-state index contributed by atoms with van der Waals surface area (Å²) in [6.07, 6.45) is 2.52. The topological polar surface area (TPSA) is 50.1 Å². The van der Waals surface area contributed by atoms with Crippen molar-refractivity contribution in [3.05, 3.63) is 34.9 Å². The second kappa shape index (κ2) is 4.36. The number of carbonyl (C=O) groups is 1. The average molecular weight is 215 g/mol. The molecule has 0 saturated heterocycles. The molecular weight excluding hydrogens is 202 g/mol. The summed E-state index contributed by atoms with van der Waals surface area (Å²) < 4.78 is 4.68. The number of esters is 1. The molecule has 2 rings (SSSR count). The normalized spacial score (nSPS) is 17.6. The third-order valence-electron chi connectivity index (χ3n) is 3.10. The van der Waals surface area contributed by atoms with Gasteiger partial charge in [-0.15, -0.1) is 0 Å². The highest BCUT2D eigenvalue weighted by molar-refractivity contribution is 5.89. The van der Waals surface area contributed by atoms with Gasteiger partial charge in [-0.05, 0) is 42.0 Å².